The minimum Gasteiger partial charge on any atom is -0.507 e. The third-order valence-electron chi connectivity index (χ3n) is 5.68. The summed E-state index contributed by atoms with van der Waals surface area (Å²) >= 11 is 6.06. The van der Waals surface area contributed by atoms with Crippen LogP contribution in [0.25, 0.3) is 16.5 Å². The van der Waals surface area contributed by atoms with Crippen molar-refractivity contribution < 1.29 is 19.1 Å². The van der Waals surface area contributed by atoms with Crippen molar-refractivity contribution in [3.05, 3.63) is 113 Å². The number of Topliss-reactive ketones (excluding diaryl/α,β-unsaturated/α-hetero) is 1. The zero-order valence-corrected chi connectivity index (χ0v) is 17.6. The molecule has 1 aliphatic heterocycles. The van der Waals surface area contributed by atoms with Crippen molar-refractivity contribution in [1.82, 2.24) is 4.90 Å². The van der Waals surface area contributed by atoms with E-state index in [1.54, 1.807) is 42.5 Å². The topological polar surface area (TPSA) is 70.8 Å². The van der Waals surface area contributed by atoms with Gasteiger partial charge in [0.25, 0.3) is 11.7 Å². The van der Waals surface area contributed by atoms with Crippen molar-refractivity contribution in [3.63, 3.8) is 0 Å². The van der Waals surface area contributed by atoms with Gasteiger partial charge in [-0.25, -0.2) is 0 Å². The maximum atomic E-state index is 13.2. The second kappa shape index (κ2) is 8.02. The minimum atomic E-state index is -0.781. The molecule has 4 aromatic rings. The van der Waals surface area contributed by atoms with Gasteiger partial charge in [-0.3, -0.25) is 9.59 Å². The lowest BCUT2D eigenvalue weighted by Gasteiger charge is -2.24. The normalized spacial score (nSPS) is 17.9. The Morgan fingerprint density at radius 3 is 2.44 bits per heavy atom. The molecular weight excluding hydrogens is 426 g/mol. The van der Waals surface area contributed by atoms with Crippen molar-refractivity contribution in [2.24, 2.45) is 0 Å². The van der Waals surface area contributed by atoms with E-state index in [1.165, 1.54) is 11.2 Å². The van der Waals surface area contributed by atoms with Crippen LogP contribution in [-0.2, 0) is 16.1 Å². The highest BCUT2D eigenvalue weighted by Crippen LogP contribution is 2.41. The van der Waals surface area contributed by atoms with E-state index in [1.807, 2.05) is 36.4 Å². The van der Waals surface area contributed by atoms with Crippen molar-refractivity contribution in [1.29, 1.82) is 0 Å². The molecule has 2 heterocycles. The fourth-order valence-electron chi connectivity index (χ4n) is 4.18. The number of carbonyl (C=O) groups excluding carboxylic acids is 2. The molecule has 0 spiro atoms. The third kappa shape index (κ3) is 3.37. The van der Waals surface area contributed by atoms with Crippen LogP contribution >= 0.6 is 11.6 Å². The quantitative estimate of drug-likeness (QED) is 0.249. The van der Waals surface area contributed by atoms with E-state index < -0.39 is 17.7 Å². The molecule has 1 fully saturated rings. The summed E-state index contributed by atoms with van der Waals surface area (Å²) in [6.45, 7) is 0.0944. The lowest BCUT2D eigenvalue weighted by molar-refractivity contribution is -0.140. The number of ketones is 1. The molecule has 1 aliphatic rings. The molecule has 1 unspecified atom stereocenters. The molecule has 32 heavy (non-hydrogen) atoms. The Labute approximate surface area is 189 Å². The van der Waals surface area contributed by atoms with Gasteiger partial charge in [-0.1, -0.05) is 66.2 Å². The van der Waals surface area contributed by atoms with Crippen LogP contribution in [0.3, 0.4) is 0 Å². The second-order valence-electron chi connectivity index (χ2n) is 7.58. The van der Waals surface area contributed by atoms with Crippen LogP contribution in [0.5, 0.6) is 0 Å². The molecule has 1 aromatic heterocycles. The van der Waals surface area contributed by atoms with E-state index in [-0.39, 0.29) is 17.9 Å². The predicted molar refractivity (Wildman–Crippen MR) is 122 cm³/mol. The van der Waals surface area contributed by atoms with Crippen molar-refractivity contribution >= 4 is 39.8 Å². The van der Waals surface area contributed by atoms with Crippen molar-refractivity contribution in [2.45, 2.75) is 12.6 Å². The highest BCUT2D eigenvalue weighted by Gasteiger charge is 2.46. The summed E-state index contributed by atoms with van der Waals surface area (Å²) < 4.78 is 5.42. The van der Waals surface area contributed by atoms with Gasteiger partial charge in [0.15, 0.2) is 0 Å². The summed E-state index contributed by atoms with van der Waals surface area (Å²) in [4.78, 5) is 27.7. The fraction of sp³-hybridized carbons (Fsp3) is 0.0769. The van der Waals surface area contributed by atoms with E-state index >= 15 is 0 Å². The molecule has 5 nitrogen and oxygen atoms in total. The monoisotopic (exact) mass is 443 g/mol. The Kier molecular flexibility index (Phi) is 5.04. The number of hydrogen-bond acceptors (Lipinski definition) is 4. The van der Waals surface area contributed by atoms with Gasteiger partial charge < -0.3 is 14.4 Å². The molecule has 1 atom stereocenters. The highest BCUT2D eigenvalue weighted by atomic mass is 35.5. The summed E-state index contributed by atoms with van der Waals surface area (Å²) in [5.74, 6) is -1.09. The van der Waals surface area contributed by atoms with Crippen LogP contribution in [0, 0.1) is 0 Å². The SMILES string of the molecule is O=C1C(=O)N(Cc2ccco2)C(c2ccc(Cl)cc2)/C1=C(/O)c1cccc2ccccc12. The first kappa shape index (κ1) is 20.1. The first-order valence-corrected chi connectivity index (χ1v) is 10.5. The number of aliphatic hydroxyl groups excluding tert-OH is 1. The molecule has 0 aliphatic carbocycles. The number of likely N-dealkylation sites (tertiary alicyclic amines) is 1. The molecule has 0 bridgehead atoms. The lowest BCUT2D eigenvalue weighted by atomic mass is 9.93. The van der Waals surface area contributed by atoms with E-state index in [0.29, 0.717) is 21.9 Å². The molecule has 1 saturated heterocycles. The van der Waals surface area contributed by atoms with Gasteiger partial charge in [0.2, 0.25) is 0 Å². The van der Waals surface area contributed by atoms with Crippen LogP contribution in [0.2, 0.25) is 5.02 Å². The first-order chi connectivity index (χ1) is 15.5. The van der Waals surface area contributed by atoms with Crippen LogP contribution in [-0.4, -0.2) is 21.7 Å². The maximum Gasteiger partial charge on any atom is 0.296 e. The molecular formula is C26H18ClNO4. The molecule has 5 rings (SSSR count). The smallest absolute Gasteiger partial charge is 0.296 e. The fourth-order valence-corrected chi connectivity index (χ4v) is 4.31. The Morgan fingerprint density at radius 2 is 1.69 bits per heavy atom. The summed E-state index contributed by atoms with van der Waals surface area (Å²) in [7, 11) is 0. The van der Waals surface area contributed by atoms with Gasteiger partial charge in [0, 0.05) is 10.6 Å². The van der Waals surface area contributed by atoms with Crippen LogP contribution in [0.15, 0.2) is 95.1 Å². The van der Waals surface area contributed by atoms with E-state index in [2.05, 4.69) is 0 Å². The van der Waals surface area contributed by atoms with Crippen LogP contribution in [0.4, 0.5) is 0 Å². The molecule has 1 N–H and O–H groups in total. The number of benzene rings is 3. The Bertz CT molecular complexity index is 1350. The zero-order chi connectivity index (χ0) is 22.2. The Hall–Kier alpha value is -3.83. The summed E-state index contributed by atoms with van der Waals surface area (Å²) in [6, 6.07) is 22.6. The average molecular weight is 444 g/mol. The van der Waals surface area contributed by atoms with Gasteiger partial charge >= 0.3 is 0 Å². The second-order valence-corrected chi connectivity index (χ2v) is 8.02. The standard InChI is InChI=1S/C26H18ClNO4/c27-18-12-10-17(11-13-18)23-22(25(30)26(31)28(23)15-19-7-4-14-32-19)24(29)21-9-3-6-16-5-1-2-8-20(16)21/h1-14,23,29H,15H2/b24-22-. The largest absolute Gasteiger partial charge is 0.507 e. The number of halogens is 1. The number of fused-ring (bicyclic) bond motifs is 1. The number of furan rings is 1. The van der Waals surface area contributed by atoms with E-state index in [4.69, 9.17) is 16.0 Å². The van der Waals surface area contributed by atoms with E-state index in [0.717, 1.165) is 10.8 Å². The summed E-state index contributed by atoms with van der Waals surface area (Å²) in [5.41, 5.74) is 1.21. The maximum absolute atomic E-state index is 13.2. The van der Waals surface area contributed by atoms with Gasteiger partial charge in [-0.05, 0) is 40.6 Å². The van der Waals surface area contributed by atoms with Gasteiger partial charge in [-0.15, -0.1) is 0 Å². The van der Waals surface area contributed by atoms with Crippen LogP contribution < -0.4 is 0 Å². The number of rotatable bonds is 4. The third-order valence-corrected chi connectivity index (χ3v) is 5.93. The zero-order valence-electron chi connectivity index (χ0n) is 16.9. The van der Waals surface area contributed by atoms with Gasteiger partial charge in [-0.2, -0.15) is 0 Å². The molecule has 158 valence electrons. The minimum absolute atomic E-state index is 0.0419. The number of aliphatic hydroxyl groups is 1. The first-order valence-electron chi connectivity index (χ1n) is 10.1. The van der Waals surface area contributed by atoms with Gasteiger partial charge in [0.1, 0.15) is 11.5 Å². The number of nitrogens with zero attached hydrogens (tertiary/aromatic N) is 1. The van der Waals surface area contributed by atoms with Gasteiger partial charge in [0.05, 0.1) is 24.4 Å². The summed E-state index contributed by atoms with van der Waals surface area (Å²) in [5, 5.41) is 13.6. The predicted octanol–water partition coefficient (Wildman–Crippen LogP) is 5.71. The molecule has 0 saturated carbocycles. The average Bonchev–Trinajstić information content (AvgIpc) is 3.41. The molecule has 1 amide bonds. The molecule has 0 radical (unpaired) electrons. The Morgan fingerprint density at radius 1 is 0.938 bits per heavy atom. The molecule has 6 heteroatoms. The highest BCUT2D eigenvalue weighted by molar-refractivity contribution is 6.46. The number of carbonyl (C=O) groups is 2. The van der Waals surface area contributed by atoms with Crippen molar-refractivity contribution in [2.75, 3.05) is 0 Å². The number of amides is 1. The Balaban J connectivity index is 1.71. The van der Waals surface area contributed by atoms with Crippen molar-refractivity contribution in [3.8, 4) is 0 Å². The lowest BCUT2D eigenvalue weighted by Crippen LogP contribution is -2.29. The van der Waals surface area contributed by atoms with E-state index in [9.17, 15) is 14.7 Å². The number of hydrogen-bond donors (Lipinski definition) is 1. The summed E-state index contributed by atoms with van der Waals surface area (Å²) in [6.07, 6.45) is 1.51. The van der Waals surface area contributed by atoms with Crippen LogP contribution in [0.1, 0.15) is 22.9 Å². The molecule has 3 aromatic carbocycles.